The first-order valence-electron chi connectivity index (χ1n) is 5.49. The Hall–Kier alpha value is -1.73. The molecule has 0 saturated carbocycles. The lowest BCUT2D eigenvalue weighted by Crippen LogP contribution is -2.36. The minimum Gasteiger partial charge on any atom is -0.464 e. The molecule has 1 aromatic carbocycles. The zero-order valence-corrected chi connectivity index (χ0v) is 11.3. The van der Waals surface area contributed by atoms with Gasteiger partial charge in [0, 0.05) is 5.56 Å². The lowest BCUT2D eigenvalue weighted by Gasteiger charge is -2.13. The van der Waals surface area contributed by atoms with E-state index in [0.717, 1.165) is 6.26 Å². The van der Waals surface area contributed by atoms with E-state index in [0.29, 0.717) is 0 Å². The molecule has 0 fully saturated rings. The van der Waals surface area contributed by atoms with Crippen LogP contribution in [0, 0.1) is 0 Å². The van der Waals surface area contributed by atoms with Crippen LogP contribution in [0.4, 0.5) is 0 Å². The molecule has 104 valence electrons. The summed E-state index contributed by atoms with van der Waals surface area (Å²) in [5.41, 5.74) is 0.171. The summed E-state index contributed by atoms with van der Waals surface area (Å²) in [5.74, 6) is -1.79. The van der Waals surface area contributed by atoms with E-state index < -0.39 is 28.0 Å². The highest BCUT2D eigenvalue weighted by molar-refractivity contribution is 7.86. The molecule has 0 aliphatic heterocycles. The second kappa shape index (κ2) is 6.44. The Morgan fingerprint density at radius 3 is 2.26 bits per heavy atom. The summed E-state index contributed by atoms with van der Waals surface area (Å²) < 4.78 is 31.4. The molecule has 6 nitrogen and oxygen atoms in total. The van der Waals surface area contributed by atoms with E-state index in [1.807, 2.05) is 0 Å². The highest BCUT2D eigenvalue weighted by atomic mass is 32.2. The monoisotopic (exact) mass is 286 g/mol. The number of esters is 1. The van der Waals surface area contributed by atoms with Gasteiger partial charge in [-0.2, -0.15) is 8.42 Å². The van der Waals surface area contributed by atoms with Crippen LogP contribution in [0.2, 0.25) is 0 Å². The quantitative estimate of drug-likeness (QED) is 0.332. The lowest BCUT2D eigenvalue weighted by atomic mass is 10.1. The maximum Gasteiger partial charge on any atom is 0.345 e. The molecule has 0 aliphatic carbocycles. The number of Topliss-reactive ketones (excluding diaryl/α,β-unsaturated/α-hetero) is 1. The molecule has 1 aromatic rings. The van der Waals surface area contributed by atoms with E-state index in [1.54, 1.807) is 25.1 Å². The van der Waals surface area contributed by atoms with Crippen molar-refractivity contribution in [2.45, 2.75) is 13.0 Å². The lowest BCUT2D eigenvalue weighted by molar-refractivity contribution is -0.148. The van der Waals surface area contributed by atoms with Crippen molar-refractivity contribution < 1.29 is 26.9 Å². The molecule has 1 atom stereocenters. The molecule has 0 heterocycles. The van der Waals surface area contributed by atoms with Crippen LogP contribution >= 0.6 is 0 Å². The largest absolute Gasteiger partial charge is 0.464 e. The Kier molecular flexibility index (Phi) is 5.20. The molecule has 0 saturated heterocycles. The van der Waals surface area contributed by atoms with Gasteiger partial charge in [-0.15, -0.1) is 0 Å². The van der Waals surface area contributed by atoms with Gasteiger partial charge in [0.05, 0.1) is 12.9 Å². The highest BCUT2D eigenvalue weighted by Gasteiger charge is 2.33. The predicted molar refractivity (Wildman–Crippen MR) is 67.1 cm³/mol. The zero-order valence-electron chi connectivity index (χ0n) is 10.5. The molecule has 0 spiro atoms. The second-order valence-corrected chi connectivity index (χ2v) is 5.26. The topological polar surface area (TPSA) is 86.7 Å². The first-order chi connectivity index (χ1) is 8.85. The number of hydrogen-bond acceptors (Lipinski definition) is 6. The summed E-state index contributed by atoms with van der Waals surface area (Å²) in [6.45, 7) is 1.56. The maximum absolute atomic E-state index is 12.0. The molecular weight excluding hydrogens is 272 g/mol. The fourth-order valence-corrected chi connectivity index (χ4v) is 1.85. The number of ether oxygens (including phenoxy) is 1. The third-order valence-electron chi connectivity index (χ3n) is 2.07. The molecule has 19 heavy (non-hydrogen) atoms. The molecule has 0 radical (unpaired) electrons. The van der Waals surface area contributed by atoms with Crippen LogP contribution in [0.1, 0.15) is 17.3 Å². The first-order valence-corrected chi connectivity index (χ1v) is 7.31. The predicted octanol–water partition coefficient (Wildman–Crippen LogP) is 0.777. The van der Waals surface area contributed by atoms with Crippen molar-refractivity contribution in [1.29, 1.82) is 0 Å². The molecule has 1 unspecified atom stereocenters. The van der Waals surface area contributed by atoms with E-state index in [-0.39, 0.29) is 12.2 Å². The molecule has 1 rings (SSSR count). The van der Waals surface area contributed by atoms with Crippen molar-refractivity contribution in [3.05, 3.63) is 35.9 Å². The van der Waals surface area contributed by atoms with Gasteiger partial charge in [-0.3, -0.25) is 4.79 Å². The number of ketones is 1. The van der Waals surface area contributed by atoms with Crippen LogP contribution in [-0.2, 0) is 23.8 Å². The van der Waals surface area contributed by atoms with Gasteiger partial charge < -0.3 is 4.74 Å². The molecule has 0 aliphatic rings. The van der Waals surface area contributed by atoms with Gasteiger partial charge >= 0.3 is 5.97 Å². The SMILES string of the molecule is CCOC(=O)C(OS(C)(=O)=O)C(=O)c1ccccc1. The minimum absolute atomic E-state index is 0.0184. The third kappa shape index (κ3) is 4.80. The summed E-state index contributed by atoms with van der Waals surface area (Å²) in [6.07, 6.45) is -1.05. The van der Waals surface area contributed by atoms with Crippen molar-refractivity contribution in [3.63, 3.8) is 0 Å². The van der Waals surface area contributed by atoms with E-state index in [1.165, 1.54) is 12.1 Å². The van der Waals surface area contributed by atoms with Crippen LogP contribution in [-0.4, -0.2) is 39.1 Å². The third-order valence-corrected chi connectivity index (χ3v) is 2.61. The van der Waals surface area contributed by atoms with Gasteiger partial charge in [-0.1, -0.05) is 30.3 Å². The Balaban J connectivity index is 3.03. The number of benzene rings is 1. The Morgan fingerprint density at radius 1 is 1.21 bits per heavy atom. The van der Waals surface area contributed by atoms with Crippen LogP contribution in [0.3, 0.4) is 0 Å². The molecule has 0 bridgehead atoms. The van der Waals surface area contributed by atoms with Gasteiger partial charge in [-0.05, 0) is 6.92 Å². The Morgan fingerprint density at radius 2 is 1.79 bits per heavy atom. The van der Waals surface area contributed by atoms with Crippen LogP contribution in [0.25, 0.3) is 0 Å². The van der Waals surface area contributed by atoms with E-state index in [4.69, 9.17) is 0 Å². The molecule has 0 aromatic heterocycles. The molecule has 7 heteroatoms. The van der Waals surface area contributed by atoms with Crippen molar-refractivity contribution in [3.8, 4) is 0 Å². The number of carbonyl (C=O) groups excluding carboxylic acids is 2. The summed E-state index contributed by atoms with van der Waals surface area (Å²) >= 11 is 0. The van der Waals surface area contributed by atoms with Crippen molar-refractivity contribution >= 4 is 21.9 Å². The maximum atomic E-state index is 12.0. The number of carbonyl (C=O) groups is 2. The summed E-state index contributed by atoms with van der Waals surface area (Å²) in [5, 5.41) is 0. The highest BCUT2D eigenvalue weighted by Crippen LogP contribution is 2.10. The second-order valence-electron chi connectivity index (χ2n) is 3.66. The standard InChI is InChI=1S/C12H14O6S/c1-3-17-12(14)11(18-19(2,15)16)10(13)9-7-5-4-6-8-9/h4-8,11H,3H2,1-2H3. The van der Waals surface area contributed by atoms with Crippen molar-refractivity contribution in [2.75, 3.05) is 12.9 Å². The van der Waals surface area contributed by atoms with Crippen LogP contribution in [0.15, 0.2) is 30.3 Å². The number of hydrogen-bond donors (Lipinski definition) is 0. The average molecular weight is 286 g/mol. The molecule has 0 N–H and O–H groups in total. The summed E-state index contributed by atoms with van der Waals surface area (Å²) in [6, 6.07) is 7.79. The summed E-state index contributed by atoms with van der Waals surface area (Å²) in [7, 11) is -3.96. The van der Waals surface area contributed by atoms with Gasteiger partial charge in [-0.25, -0.2) is 8.98 Å². The van der Waals surface area contributed by atoms with Gasteiger partial charge in [0.2, 0.25) is 11.9 Å². The summed E-state index contributed by atoms with van der Waals surface area (Å²) in [4.78, 5) is 23.7. The van der Waals surface area contributed by atoms with Gasteiger partial charge in [0.25, 0.3) is 10.1 Å². The smallest absolute Gasteiger partial charge is 0.345 e. The zero-order chi connectivity index (χ0) is 14.5. The Bertz CT molecular complexity index is 549. The average Bonchev–Trinajstić information content (AvgIpc) is 2.35. The fourth-order valence-electron chi connectivity index (χ4n) is 1.34. The normalized spacial score (nSPS) is 12.7. The Labute approximate surface area is 111 Å². The van der Waals surface area contributed by atoms with E-state index in [9.17, 15) is 18.0 Å². The minimum atomic E-state index is -3.96. The first kappa shape index (κ1) is 15.3. The van der Waals surface area contributed by atoms with Crippen molar-refractivity contribution in [1.82, 2.24) is 0 Å². The van der Waals surface area contributed by atoms with Gasteiger partial charge in [0.1, 0.15) is 0 Å². The van der Waals surface area contributed by atoms with Gasteiger partial charge in [0.15, 0.2) is 0 Å². The van der Waals surface area contributed by atoms with Crippen molar-refractivity contribution in [2.24, 2.45) is 0 Å². The number of rotatable bonds is 6. The van der Waals surface area contributed by atoms with Crippen LogP contribution < -0.4 is 0 Å². The fraction of sp³-hybridized carbons (Fsp3) is 0.333. The molecular formula is C12H14O6S. The molecule has 0 amide bonds. The van der Waals surface area contributed by atoms with E-state index in [2.05, 4.69) is 8.92 Å². The van der Waals surface area contributed by atoms with Crippen LogP contribution in [0.5, 0.6) is 0 Å². The van der Waals surface area contributed by atoms with E-state index >= 15 is 0 Å².